The zero-order valence-corrected chi connectivity index (χ0v) is 13.2. The van der Waals surface area contributed by atoms with E-state index in [1.54, 1.807) is 15.6 Å². The van der Waals surface area contributed by atoms with Crippen molar-refractivity contribution >= 4 is 21.4 Å². The van der Waals surface area contributed by atoms with Crippen molar-refractivity contribution in [3.05, 3.63) is 21.9 Å². The summed E-state index contributed by atoms with van der Waals surface area (Å²) in [5.41, 5.74) is 1.33. The number of aryl methyl sites for hydroxylation is 1. The predicted molar refractivity (Wildman–Crippen MR) is 79.9 cm³/mol. The number of hydrogen-bond acceptors (Lipinski definition) is 4. The van der Waals surface area contributed by atoms with Gasteiger partial charge in [-0.15, -0.1) is 11.3 Å². The van der Waals surface area contributed by atoms with E-state index < -0.39 is 10.0 Å². The van der Waals surface area contributed by atoms with Crippen molar-refractivity contribution in [3.63, 3.8) is 0 Å². The summed E-state index contributed by atoms with van der Waals surface area (Å²) in [4.78, 5) is 1.37. The molecule has 1 fully saturated rings. The summed E-state index contributed by atoms with van der Waals surface area (Å²) in [6, 6.07) is 2.13. The average molecular weight is 302 g/mol. The van der Waals surface area contributed by atoms with Gasteiger partial charge in [0.15, 0.2) is 0 Å². The SMILES string of the molecule is Cc1ccsc1CNCC1CCCN(S(C)(=O)=O)C1. The van der Waals surface area contributed by atoms with E-state index >= 15 is 0 Å². The van der Waals surface area contributed by atoms with Gasteiger partial charge in [0.1, 0.15) is 0 Å². The molecule has 0 aromatic carbocycles. The predicted octanol–water partition coefficient (Wildman–Crippen LogP) is 1.82. The van der Waals surface area contributed by atoms with E-state index in [1.165, 1.54) is 16.7 Å². The normalized spacial score (nSPS) is 21.7. The van der Waals surface area contributed by atoms with Crippen molar-refractivity contribution in [2.75, 3.05) is 25.9 Å². The van der Waals surface area contributed by atoms with Crippen molar-refractivity contribution in [1.29, 1.82) is 0 Å². The number of rotatable bonds is 5. The Morgan fingerprint density at radius 2 is 2.32 bits per heavy atom. The Kier molecular flexibility index (Phi) is 5.00. The molecule has 108 valence electrons. The van der Waals surface area contributed by atoms with Gasteiger partial charge in [-0.05, 0) is 49.2 Å². The minimum atomic E-state index is -3.03. The maximum absolute atomic E-state index is 11.5. The Labute approximate surface area is 119 Å². The molecule has 1 aliphatic heterocycles. The number of thiophene rings is 1. The Bertz CT molecular complexity index is 510. The molecule has 6 heteroatoms. The van der Waals surface area contributed by atoms with Crippen LogP contribution in [0.3, 0.4) is 0 Å². The van der Waals surface area contributed by atoms with Crippen LogP contribution in [0.2, 0.25) is 0 Å². The summed E-state index contributed by atoms with van der Waals surface area (Å²) >= 11 is 1.77. The van der Waals surface area contributed by atoms with Crippen LogP contribution >= 0.6 is 11.3 Å². The quantitative estimate of drug-likeness (QED) is 0.902. The molecule has 0 saturated carbocycles. The first kappa shape index (κ1) is 15.0. The summed E-state index contributed by atoms with van der Waals surface area (Å²) < 4.78 is 24.7. The highest BCUT2D eigenvalue weighted by molar-refractivity contribution is 7.88. The second-order valence-corrected chi connectivity index (χ2v) is 8.27. The van der Waals surface area contributed by atoms with E-state index in [1.807, 2.05) is 0 Å². The molecule has 1 atom stereocenters. The van der Waals surface area contributed by atoms with E-state index in [9.17, 15) is 8.42 Å². The van der Waals surface area contributed by atoms with Crippen LogP contribution in [0.4, 0.5) is 0 Å². The van der Waals surface area contributed by atoms with Crippen LogP contribution in [0, 0.1) is 12.8 Å². The highest BCUT2D eigenvalue weighted by atomic mass is 32.2. The molecule has 2 heterocycles. The molecule has 1 saturated heterocycles. The fourth-order valence-corrected chi connectivity index (χ4v) is 4.29. The molecule has 0 radical (unpaired) electrons. The van der Waals surface area contributed by atoms with Gasteiger partial charge in [-0.25, -0.2) is 12.7 Å². The van der Waals surface area contributed by atoms with Gasteiger partial charge in [-0.3, -0.25) is 0 Å². The summed E-state index contributed by atoms with van der Waals surface area (Å²) in [7, 11) is -3.03. The number of nitrogens with zero attached hydrogens (tertiary/aromatic N) is 1. The van der Waals surface area contributed by atoms with Crippen LogP contribution in [0.25, 0.3) is 0 Å². The molecule has 0 bridgehead atoms. The summed E-state index contributed by atoms with van der Waals surface area (Å²) in [6.07, 6.45) is 3.39. The summed E-state index contributed by atoms with van der Waals surface area (Å²) in [5.74, 6) is 0.434. The second kappa shape index (κ2) is 6.35. The third kappa shape index (κ3) is 4.27. The lowest BCUT2D eigenvalue weighted by Crippen LogP contribution is -2.42. The molecule has 4 nitrogen and oxygen atoms in total. The molecular weight excluding hydrogens is 280 g/mol. The van der Waals surface area contributed by atoms with Crippen LogP contribution in [0.15, 0.2) is 11.4 Å². The van der Waals surface area contributed by atoms with Crippen LogP contribution in [-0.4, -0.2) is 38.6 Å². The van der Waals surface area contributed by atoms with Crippen molar-refractivity contribution < 1.29 is 8.42 Å². The second-order valence-electron chi connectivity index (χ2n) is 5.29. The van der Waals surface area contributed by atoms with E-state index in [4.69, 9.17) is 0 Å². The Morgan fingerprint density at radius 1 is 1.53 bits per heavy atom. The van der Waals surface area contributed by atoms with E-state index in [2.05, 4.69) is 23.7 Å². The first-order valence-electron chi connectivity index (χ1n) is 6.65. The zero-order valence-electron chi connectivity index (χ0n) is 11.6. The minimum Gasteiger partial charge on any atom is -0.312 e. The summed E-state index contributed by atoms with van der Waals surface area (Å²) in [6.45, 7) is 5.25. The third-order valence-corrected chi connectivity index (χ3v) is 5.93. The summed E-state index contributed by atoms with van der Waals surface area (Å²) in [5, 5.41) is 5.57. The molecule has 1 unspecified atom stereocenters. The van der Waals surface area contributed by atoms with E-state index in [-0.39, 0.29) is 0 Å². The smallest absolute Gasteiger partial charge is 0.211 e. The maximum Gasteiger partial charge on any atom is 0.211 e. The lowest BCUT2D eigenvalue weighted by molar-refractivity contribution is 0.261. The molecule has 0 spiro atoms. The van der Waals surface area contributed by atoms with Crippen LogP contribution < -0.4 is 5.32 Å². The Hall–Kier alpha value is -0.430. The van der Waals surface area contributed by atoms with Crippen molar-refractivity contribution in [2.45, 2.75) is 26.3 Å². The molecular formula is C13H22N2O2S2. The zero-order chi connectivity index (χ0) is 13.9. The standard InChI is InChI=1S/C13H22N2O2S2/c1-11-5-7-18-13(11)9-14-8-12-4-3-6-15(10-12)19(2,16)17/h5,7,12,14H,3-4,6,8-10H2,1-2H3. The first-order valence-corrected chi connectivity index (χ1v) is 9.38. The highest BCUT2D eigenvalue weighted by Crippen LogP contribution is 2.19. The Balaban J connectivity index is 1.79. The fraction of sp³-hybridized carbons (Fsp3) is 0.692. The average Bonchev–Trinajstić information content (AvgIpc) is 2.75. The number of hydrogen-bond donors (Lipinski definition) is 1. The molecule has 1 aliphatic rings. The molecule has 0 amide bonds. The Morgan fingerprint density at radius 3 is 2.95 bits per heavy atom. The van der Waals surface area contributed by atoms with Gasteiger partial charge in [0.05, 0.1) is 6.26 Å². The van der Waals surface area contributed by atoms with E-state index in [0.717, 1.165) is 25.9 Å². The third-order valence-electron chi connectivity index (χ3n) is 3.64. The largest absolute Gasteiger partial charge is 0.312 e. The van der Waals surface area contributed by atoms with Crippen LogP contribution in [0.5, 0.6) is 0 Å². The number of sulfonamides is 1. The van der Waals surface area contributed by atoms with Gasteiger partial charge < -0.3 is 5.32 Å². The van der Waals surface area contributed by atoms with Gasteiger partial charge in [0.25, 0.3) is 0 Å². The molecule has 1 N–H and O–H groups in total. The molecule has 0 aliphatic carbocycles. The number of piperidine rings is 1. The maximum atomic E-state index is 11.5. The molecule has 19 heavy (non-hydrogen) atoms. The van der Waals surface area contributed by atoms with E-state index in [0.29, 0.717) is 19.0 Å². The first-order chi connectivity index (χ1) is 8.97. The van der Waals surface area contributed by atoms with Gasteiger partial charge >= 0.3 is 0 Å². The van der Waals surface area contributed by atoms with Crippen LogP contribution in [-0.2, 0) is 16.6 Å². The fourth-order valence-electron chi connectivity index (χ4n) is 2.47. The topological polar surface area (TPSA) is 49.4 Å². The lowest BCUT2D eigenvalue weighted by Gasteiger charge is -2.31. The molecule has 1 aromatic rings. The molecule has 1 aromatic heterocycles. The number of nitrogens with one attached hydrogen (secondary N) is 1. The van der Waals surface area contributed by atoms with Gasteiger partial charge in [0.2, 0.25) is 10.0 Å². The van der Waals surface area contributed by atoms with Gasteiger partial charge in [-0.2, -0.15) is 0 Å². The van der Waals surface area contributed by atoms with Gasteiger partial charge in [-0.1, -0.05) is 0 Å². The lowest BCUT2D eigenvalue weighted by atomic mass is 10.00. The van der Waals surface area contributed by atoms with Crippen molar-refractivity contribution in [2.24, 2.45) is 5.92 Å². The van der Waals surface area contributed by atoms with Crippen LogP contribution in [0.1, 0.15) is 23.3 Å². The van der Waals surface area contributed by atoms with Gasteiger partial charge in [0, 0.05) is 24.5 Å². The highest BCUT2D eigenvalue weighted by Gasteiger charge is 2.25. The monoisotopic (exact) mass is 302 g/mol. The molecule has 2 rings (SSSR count). The minimum absolute atomic E-state index is 0.434. The van der Waals surface area contributed by atoms with Crippen molar-refractivity contribution in [1.82, 2.24) is 9.62 Å². The van der Waals surface area contributed by atoms with Crippen molar-refractivity contribution in [3.8, 4) is 0 Å².